The van der Waals surface area contributed by atoms with Crippen LogP contribution in [0.4, 0.5) is 5.82 Å². The molecule has 1 aromatic rings. The number of carbonyl (C=O) groups is 1. The van der Waals surface area contributed by atoms with Gasteiger partial charge in [0.1, 0.15) is 5.82 Å². The van der Waals surface area contributed by atoms with Gasteiger partial charge in [0, 0.05) is 17.1 Å². The Bertz CT molecular complexity index is 380. The molecule has 0 aromatic carbocycles. The molecule has 1 heterocycles. The second-order valence-corrected chi connectivity index (χ2v) is 5.09. The van der Waals surface area contributed by atoms with Crippen molar-refractivity contribution >= 4 is 27.7 Å². The van der Waals surface area contributed by atoms with Crippen molar-refractivity contribution in [1.82, 2.24) is 4.98 Å². The van der Waals surface area contributed by atoms with Gasteiger partial charge in [0.2, 0.25) is 5.91 Å². The van der Waals surface area contributed by atoms with Crippen LogP contribution in [0, 0.1) is 6.92 Å². The highest BCUT2D eigenvalue weighted by Crippen LogP contribution is 2.17. The molecule has 0 aliphatic rings. The first-order valence-corrected chi connectivity index (χ1v) is 6.84. The summed E-state index contributed by atoms with van der Waals surface area (Å²) in [6.07, 6.45) is 6.74. The van der Waals surface area contributed by atoms with Crippen LogP contribution >= 0.6 is 15.9 Å². The highest BCUT2D eigenvalue weighted by molar-refractivity contribution is 9.10. The number of aromatic nitrogens is 1. The lowest BCUT2D eigenvalue weighted by Crippen LogP contribution is -2.13. The lowest BCUT2D eigenvalue weighted by atomic mass is 10.1. The Balaban J connectivity index is 2.40. The number of aryl methyl sites for hydroxylation is 1. The molecular formula is C13H19BrN2O. The number of nitrogens with one attached hydrogen (secondary N) is 1. The van der Waals surface area contributed by atoms with E-state index in [1.54, 1.807) is 6.20 Å². The van der Waals surface area contributed by atoms with Gasteiger partial charge in [0.25, 0.3) is 0 Å². The Hall–Kier alpha value is -0.900. The fourth-order valence-electron chi connectivity index (χ4n) is 1.58. The van der Waals surface area contributed by atoms with E-state index in [0.29, 0.717) is 12.2 Å². The number of amides is 1. The number of rotatable bonds is 6. The van der Waals surface area contributed by atoms with Gasteiger partial charge < -0.3 is 5.32 Å². The normalized spacial score (nSPS) is 10.3. The van der Waals surface area contributed by atoms with Crippen molar-refractivity contribution in [3.8, 4) is 0 Å². The number of nitrogens with zero attached hydrogens (tertiary/aromatic N) is 1. The fraction of sp³-hybridized carbons (Fsp3) is 0.538. The molecule has 94 valence electrons. The first-order valence-electron chi connectivity index (χ1n) is 6.05. The minimum atomic E-state index is 0.0547. The van der Waals surface area contributed by atoms with Crippen molar-refractivity contribution in [2.24, 2.45) is 0 Å². The number of hydrogen-bond donors (Lipinski definition) is 1. The minimum Gasteiger partial charge on any atom is -0.310 e. The molecule has 0 spiro atoms. The van der Waals surface area contributed by atoms with Gasteiger partial charge in [-0.1, -0.05) is 26.2 Å². The van der Waals surface area contributed by atoms with Crippen LogP contribution in [-0.2, 0) is 4.79 Å². The summed E-state index contributed by atoms with van der Waals surface area (Å²) in [6.45, 7) is 4.10. The van der Waals surface area contributed by atoms with Gasteiger partial charge in [-0.05, 0) is 40.9 Å². The van der Waals surface area contributed by atoms with Crippen molar-refractivity contribution in [3.05, 3.63) is 22.3 Å². The zero-order valence-corrected chi connectivity index (χ0v) is 12.0. The Morgan fingerprint density at radius 3 is 2.82 bits per heavy atom. The summed E-state index contributed by atoms with van der Waals surface area (Å²) < 4.78 is 0.927. The molecule has 0 aliphatic carbocycles. The van der Waals surface area contributed by atoms with Gasteiger partial charge in [0.15, 0.2) is 0 Å². The van der Waals surface area contributed by atoms with E-state index in [4.69, 9.17) is 0 Å². The van der Waals surface area contributed by atoms with Gasteiger partial charge in [-0.15, -0.1) is 0 Å². The van der Waals surface area contributed by atoms with Crippen molar-refractivity contribution in [2.45, 2.75) is 46.0 Å². The van der Waals surface area contributed by atoms with Crippen LogP contribution in [0.5, 0.6) is 0 Å². The van der Waals surface area contributed by atoms with Crippen LogP contribution in [0.25, 0.3) is 0 Å². The van der Waals surface area contributed by atoms with Crippen LogP contribution < -0.4 is 5.32 Å². The Kier molecular flexibility index (Phi) is 6.19. The Morgan fingerprint density at radius 2 is 2.18 bits per heavy atom. The molecule has 1 rings (SSSR count). The van der Waals surface area contributed by atoms with Gasteiger partial charge >= 0.3 is 0 Å². The number of anilines is 1. The van der Waals surface area contributed by atoms with Crippen LogP contribution in [-0.4, -0.2) is 10.9 Å². The molecule has 0 radical (unpaired) electrons. The lowest BCUT2D eigenvalue weighted by Gasteiger charge is -2.07. The third kappa shape index (κ3) is 5.31. The largest absolute Gasteiger partial charge is 0.310 e. The molecule has 0 bridgehead atoms. The second-order valence-electron chi connectivity index (χ2n) is 4.18. The monoisotopic (exact) mass is 298 g/mol. The standard InChI is InChI=1S/C13H19BrN2O/c1-3-4-5-6-7-12(17)16-13-10(2)8-11(14)9-15-13/h8-9H,3-7H2,1-2H3,(H,15,16,17). The van der Waals surface area contributed by atoms with Gasteiger partial charge in [0.05, 0.1) is 0 Å². The highest BCUT2D eigenvalue weighted by Gasteiger charge is 2.05. The summed E-state index contributed by atoms with van der Waals surface area (Å²) in [6, 6.07) is 1.94. The van der Waals surface area contributed by atoms with Gasteiger partial charge in [-0.3, -0.25) is 4.79 Å². The highest BCUT2D eigenvalue weighted by atomic mass is 79.9. The average molecular weight is 299 g/mol. The smallest absolute Gasteiger partial charge is 0.225 e. The van der Waals surface area contributed by atoms with Crippen molar-refractivity contribution in [1.29, 1.82) is 0 Å². The molecule has 4 heteroatoms. The third-order valence-electron chi connectivity index (χ3n) is 2.56. The molecule has 17 heavy (non-hydrogen) atoms. The van der Waals surface area contributed by atoms with Crippen molar-refractivity contribution in [2.75, 3.05) is 5.32 Å². The summed E-state index contributed by atoms with van der Waals surface area (Å²) in [5, 5.41) is 2.84. The molecule has 1 N–H and O–H groups in total. The maximum absolute atomic E-state index is 11.6. The van der Waals surface area contributed by atoms with E-state index >= 15 is 0 Å². The van der Waals surface area contributed by atoms with Crippen LogP contribution in [0.1, 0.15) is 44.6 Å². The summed E-state index contributed by atoms with van der Waals surface area (Å²) in [7, 11) is 0. The predicted octanol–water partition coefficient (Wildman–Crippen LogP) is 4.06. The molecule has 0 atom stereocenters. The molecular weight excluding hydrogens is 280 g/mol. The molecule has 0 saturated carbocycles. The van der Waals surface area contributed by atoms with E-state index in [1.807, 2.05) is 13.0 Å². The van der Waals surface area contributed by atoms with E-state index in [1.165, 1.54) is 12.8 Å². The zero-order valence-electron chi connectivity index (χ0n) is 10.4. The molecule has 0 unspecified atom stereocenters. The minimum absolute atomic E-state index is 0.0547. The van der Waals surface area contributed by atoms with E-state index < -0.39 is 0 Å². The van der Waals surface area contributed by atoms with E-state index in [9.17, 15) is 4.79 Å². The number of carbonyl (C=O) groups excluding carboxylic acids is 1. The number of unbranched alkanes of at least 4 members (excludes halogenated alkanes) is 3. The van der Waals surface area contributed by atoms with Crippen molar-refractivity contribution < 1.29 is 4.79 Å². The SMILES string of the molecule is CCCCCCC(=O)Nc1ncc(Br)cc1C. The molecule has 0 fully saturated rings. The average Bonchev–Trinajstić information content (AvgIpc) is 2.28. The topological polar surface area (TPSA) is 42.0 Å². The van der Waals surface area contributed by atoms with Gasteiger partial charge in [-0.25, -0.2) is 4.98 Å². The predicted molar refractivity (Wildman–Crippen MR) is 74.1 cm³/mol. The maximum atomic E-state index is 11.6. The van der Waals surface area contributed by atoms with Crippen LogP contribution in [0.15, 0.2) is 16.7 Å². The summed E-state index contributed by atoms with van der Waals surface area (Å²) >= 11 is 3.35. The summed E-state index contributed by atoms with van der Waals surface area (Å²) in [4.78, 5) is 15.8. The van der Waals surface area contributed by atoms with E-state index in [0.717, 1.165) is 22.9 Å². The molecule has 3 nitrogen and oxygen atoms in total. The molecule has 0 saturated heterocycles. The lowest BCUT2D eigenvalue weighted by molar-refractivity contribution is -0.116. The summed E-state index contributed by atoms with van der Waals surface area (Å²) in [5.74, 6) is 0.715. The van der Waals surface area contributed by atoms with E-state index in [-0.39, 0.29) is 5.91 Å². The summed E-state index contributed by atoms with van der Waals surface area (Å²) in [5.41, 5.74) is 0.973. The quantitative estimate of drug-likeness (QED) is 0.805. The number of halogens is 1. The Labute approximate surface area is 111 Å². The Morgan fingerprint density at radius 1 is 1.41 bits per heavy atom. The maximum Gasteiger partial charge on any atom is 0.225 e. The number of pyridine rings is 1. The molecule has 1 aromatic heterocycles. The second kappa shape index (κ2) is 7.43. The first-order chi connectivity index (χ1) is 8.13. The fourth-order valence-corrected chi connectivity index (χ4v) is 2.02. The molecule has 1 amide bonds. The van der Waals surface area contributed by atoms with Crippen LogP contribution in [0.2, 0.25) is 0 Å². The number of hydrogen-bond acceptors (Lipinski definition) is 2. The van der Waals surface area contributed by atoms with Crippen LogP contribution in [0.3, 0.4) is 0 Å². The van der Waals surface area contributed by atoms with Gasteiger partial charge in [-0.2, -0.15) is 0 Å². The molecule has 0 aliphatic heterocycles. The van der Waals surface area contributed by atoms with Crippen molar-refractivity contribution in [3.63, 3.8) is 0 Å². The third-order valence-corrected chi connectivity index (χ3v) is 2.99. The first kappa shape index (κ1) is 14.2. The van der Waals surface area contributed by atoms with E-state index in [2.05, 4.69) is 33.2 Å². The zero-order chi connectivity index (χ0) is 12.7.